The van der Waals surface area contributed by atoms with Crippen LogP contribution in [0.2, 0.25) is 0 Å². The molecule has 2 amide bonds. The smallest absolute Gasteiger partial charge is 0.417 e. The van der Waals surface area contributed by atoms with Crippen LogP contribution in [0.1, 0.15) is 35.8 Å². The minimum atomic E-state index is -4.91. The first kappa shape index (κ1) is 30.1. The van der Waals surface area contributed by atoms with E-state index < -0.39 is 58.9 Å². The number of carbonyl (C=O) groups excluding carboxylic acids is 2. The number of primary amides is 1. The average Bonchev–Trinajstić information content (AvgIpc) is 3.60. The number of nitrogens with one attached hydrogen (secondary N) is 1. The molecule has 1 aromatic carbocycles. The Morgan fingerprint density at radius 2 is 1.88 bits per heavy atom. The molecule has 3 N–H and O–H groups in total. The van der Waals surface area contributed by atoms with Gasteiger partial charge in [-0.15, -0.1) is 0 Å². The summed E-state index contributed by atoms with van der Waals surface area (Å²) >= 11 is 0. The van der Waals surface area contributed by atoms with Crippen molar-refractivity contribution in [3.8, 4) is 5.75 Å². The Hall–Kier alpha value is -3.36. The van der Waals surface area contributed by atoms with E-state index in [2.05, 4.69) is 15.2 Å². The molecule has 0 bridgehead atoms. The molecule has 0 spiro atoms. The summed E-state index contributed by atoms with van der Waals surface area (Å²) in [5.74, 6) is -7.09. The molecule has 3 saturated heterocycles. The Morgan fingerprint density at radius 3 is 2.52 bits per heavy atom. The van der Waals surface area contributed by atoms with E-state index in [1.54, 1.807) is 0 Å². The number of hydrogen-bond donors (Lipinski definition) is 2. The summed E-state index contributed by atoms with van der Waals surface area (Å²) in [4.78, 5) is 30.8. The van der Waals surface area contributed by atoms with Gasteiger partial charge in [0.15, 0.2) is 17.2 Å². The number of carbonyl (C=O) groups is 2. The Bertz CT molecular complexity index is 1350. The molecule has 5 rings (SSSR count). The number of nitrogens with zero attached hydrogens (tertiary/aromatic N) is 2. The van der Waals surface area contributed by atoms with Gasteiger partial charge in [-0.05, 0) is 25.1 Å². The number of aromatic nitrogens is 1. The molecule has 4 heterocycles. The Kier molecular flexibility index (Phi) is 8.16. The number of anilines is 1. The number of halogens is 5. The molecule has 0 radical (unpaired) electrons. The summed E-state index contributed by atoms with van der Waals surface area (Å²) in [6.45, 7) is 5.22. The number of amides is 2. The summed E-state index contributed by atoms with van der Waals surface area (Å²) in [6, 6.07) is 4.37. The second kappa shape index (κ2) is 11.4. The normalized spacial score (nSPS) is 29.5. The molecule has 42 heavy (non-hydrogen) atoms. The van der Waals surface area contributed by atoms with E-state index in [1.165, 1.54) is 19.2 Å². The molecule has 0 unspecified atom stereocenters. The highest BCUT2D eigenvalue weighted by molar-refractivity contribution is 5.97. The third-order valence-electron chi connectivity index (χ3n) is 8.62. The first-order chi connectivity index (χ1) is 19.8. The number of ether oxygens (including phenoxy) is 3. The van der Waals surface area contributed by atoms with Gasteiger partial charge in [-0.1, -0.05) is 13.0 Å². The topological polar surface area (TPSA) is 116 Å². The first-order valence-electron chi connectivity index (χ1n) is 13.5. The largest absolute Gasteiger partial charge is 0.489 e. The van der Waals surface area contributed by atoms with E-state index in [1.807, 2.05) is 0 Å². The second-order valence-electron chi connectivity index (χ2n) is 11.2. The summed E-state index contributed by atoms with van der Waals surface area (Å²) in [5.41, 5.74) is 2.13. The maximum atomic E-state index is 15.2. The minimum absolute atomic E-state index is 0.0296. The molecule has 3 aliphatic rings. The van der Waals surface area contributed by atoms with Crippen molar-refractivity contribution in [3.63, 3.8) is 0 Å². The molecule has 228 valence electrons. The zero-order valence-corrected chi connectivity index (χ0v) is 22.9. The van der Waals surface area contributed by atoms with Crippen LogP contribution in [0.25, 0.3) is 0 Å². The Labute approximate surface area is 238 Å². The van der Waals surface area contributed by atoms with Crippen LogP contribution in [0.4, 0.5) is 27.6 Å². The molecule has 3 fully saturated rings. The molecule has 6 atom stereocenters. The molecule has 0 saturated carbocycles. The van der Waals surface area contributed by atoms with Gasteiger partial charge in [-0.2, -0.15) is 17.6 Å². The molecule has 14 heteroatoms. The van der Waals surface area contributed by atoms with Gasteiger partial charge in [0.2, 0.25) is 5.82 Å². The quantitative estimate of drug-likeness (QED) is 0.447. The van der Waals surface area contributed by atoms with Crippen LogP contribution in [0.15, 0.2) is 30.5 Å². The van der Waals surface area contributed by atoms with Crippen molar-refractivity contribution in [1.82, 2.24) is 9.88 Å². The van der Waals surface area contributed by atoms with E-state index in [9.17, 15) is 27.2 Å². The fourth-order valence-corrected chi connectivity index (χ4v) is 6.08. The summed E-state index contributed by atoms with van der Waals surface area (Å²) in [6.07, 6.45) is -5.51. The van der Waals surface area contributed by atoms with E-state index in [0.717, 1.165) is 38.2 Å². The summed E-state index contributed by atoms with van der Waals surface area (Å²) in [5, 5.41) is 2.43. The zero-order valence-electron chi connectivity index (χ0n) is 22.9. The standard InChI is InChI=1S/C28H31F5N4O5/c1-14-21(18-3-4-19(29)22(30)23(18)41-8-7-37-10-15-12-40-13-16(15)11-37)24(42-27(14,2)28(31,32)33)26(39)36-17-5-6-35-20(9-17)25(34)38/h3-6,9,14-16,21,24H,7-8,10-13H2,1-2H3,(H2,34,38)(H,35,36,39)/t14-,15-,16+,21-,24+,27+/m0/s1. The second-order valence-corrected chi connectivity index (χ2v) is 11.2. The first-order valence-corrected chi connectivity index (χ1v) is 13.5. The molecular formula is C28H31F5N4O5. The average molecular weight is 599 g/mol. The van der Waals surface area contributed by atoms with Crippen molar-refractivity contribution in [2.45, 2.75) is 37.6 Å². The van der Waals surface area contributed by atoms with E-state index in [-0.39, 0.29) is 23.6 Å². The number of benzene rings is 1. The van der Waals surface area contributed by atoms with Crippen molar-refractivity contribution in [2.75, 3.05) is 44.8 Å². The molecule has 1 aromatic heterocycles. The van der Waals surface area contributed by atoms with Crippen molar-refractivity contribution in [3.05, 3.63) is 53.4 Å². The van der Waals surface area contributed by atoms with Gasteiger partial charge < -0.3 is 25.3 Å². The third kappa shape index (κ3) is 5.54. The van der Waals surface area contributed by atoms with Gasteiger partial charge in [-0.3, -0.25) is 19.5 Å². The highest BCUT2D eigenvalue weighted by atomic mass is 19.4. The van der Waals surface area contributed by atoms with Gasteiger partial charge in [0, 0.05) is 60.8 Å². The third-order valence-corrected chi connectivity index (χ3v) is 8.62. The number of hydrogen-bond acceptors (Lipinski definition) is 7. The predicted molar refractivity (Wildman–Crippen MR) is 139 cm³/mol. The van der Waals surface area contributed by atoms with Gasteiger partial charge in [0.25, 0.3) is 11.8 Å². The number of likely N-dealkylation sites (tertiary alicyclic amines) is 1. The summed E-state index contributed by atoms with van der Waals surface area (Å²) in [7, 11) is 0. The predicted octanol–water partition coefficient (Wildman–Crippen LogP) is 3.49. The van der Waals surface area contributed by atoms with Gasteiger partial charge in [0.05, 0.1) is 13.2 Å². The lowest BCUT2D eigenvalue weighted by molar-refractivity contribution is -0.272. The highest BCUT2D eigenvalue weighted by Gasteiger charge is 2.66. The molecule has 0 aliphatic carbocycles. The van der Waals surface area contributed by atoms with Crippen LogP contribution in [-0.4, -0.2) is 79.0 Å². The molecule has 2 aromatic rings. The van der Waals surface area contributed by atoms with Crippen molar-refractivity contribution >= 4 is 17.5 Å². The fourth-order valence-electron chi connectivity index (χ4n) is 6.08. The maximum absolute atomic E-state index is 15.2. The van der Waals surface area contributed by atoms with E-state index in [4.69, 9.17) is 19.9 Å². The Balaban J connectivity index is 1.43. The van der Waals surface area contributed by atoms with Crippen LogP contribution >= 0.6 is 0 Å². The van der Waals surface area contributed by atoms with E-state index >= 15 is 4.39 Å². The lowest BCUT2D eigenvalue weighted by atomic mass is 9.77. The molecule has 3 aliphatic heterocycles. The SMILES string of the molecule is C[C@H]1[C@@H](c2ccc(F)c(F)c2OCCN2C[C@H]3COC[C@H]3C2)[C@H](C(=O)Nc2ccnc(C(N)=O)c2)O[C@@]1(C)C(F)(F)F. The summed E-state index contributed by atoms with van der Waals surface area (Å²) < 4.78 is 89.2. The van der Waals surface area contributed by atoms with Crippen LogP contribution in [0, 0.1) is 29.4 Å². The van der Waals surface area contributed by atoms with Crippen molar-refractivity contribution in [2.24, 2.45) is 23.5 Å². The zero-order chi connectivity index (χ0) is 30.4. The number of alkyl halides is 3. The monoisotopic (exact) mass is 598 g/mol. The molecule has 9 nitrogen and oxygen atoms in total. The van der Waals surface area contributed by atoms with Crippen LogP contribution in [-0.2, 0) is 14.3 Å². The van der Waals surface area contributed by atoms with E-state index in [0.29, 0.717) is 31.6 Å². The highest BCUT2D eigenvalue weighted by Crippen LogP contribution is 2.55. The lowest BCUT2D eigenvalue weighted by Crippen LogP contribution is -2.47. The number of nitrogens with two attached hydrogens (primary N) is 1. The van der Waals surface area contributed by atoms with Gasteiger partial charge >= 0.3 is 6.18 Å². The fraction of sp³-hybridized carbons (Fsp3) is 0.536. The van der Waals surface area contributed by atoms with Gasteiger partial charge in [0.1, 0.15) is 18.4 Å². The maximum Gasteiger partial charge on any atom is 0.417 e. The number of rotatable bonds is 8. The minimum Gasteiger partial charge on any atom is -0.489 e. The Morgan fingerprint density at radius 1 is 1.19 bits per heavy atom. The van der Waals surface area contributed by atoms with Gasteiger partial charge in [-0.25, -0.2) is 4.39 Å². The van der Waals surface area contributed by atoms with Crippen molar-refractivity contribution in [1.29, 1.82) is 0 Å². The molecular weight excluding hydrogens is 567 g/mol. The van der Waals surface area contributed by atoms with Crippen LogP contribution in [0.3, 0.4) is 0 Å². The number of pyridine rings is 1. The number of fused-ring (bicyclic) bond motifs is 1. The van der Waals surface area contributed by atoms with Crippen LogP contribution < -0.4 is 15.8 Å². The van der Waals surface area contributed by atoms with Crippen LogP contribution in [0.5, 0.6) is 5.75 Å². The van der Waals surface area contributed by atoms with Crippen molar-refractivity contribution < 1.29 is 45.8 Å². The lowest BCUT2D eigenvalue weighted by Gasteiger charge is -2.32.